The zero-order valence-corrected chi connectivity index (χ0v) is 16.5. The van der Waals surface area contributed by atoms with Crippen LogP contribution in [-0.4, -0.2) is 58.1 Å². The number of hydrogen-bond acceptors (Lipinski definition) is 6. The van der Waals surface area contributed by atoms with Crippen LogP contribution in [0.4, 0.5) is 0 Å². The number of furan rings is 1. The van der Waals surface area contributed by atoms with Crippen LogP contribution in [-0.2, 0) is 20.8 Å². The first-order valence-electron chi connectivity index (χ1n) is 9.53. The molecule has 0 radical (unpaired) electrons. The molecule has 2 heterocycles. The van der Waals surface area contributed by atoms with Crippen molar-refractivity contribution in [3.8, 4) is 0 Å². The van der Waals surface area contributed by atoms with Gasteiger partial charge in [-0.1, -0.05) is 0 Å². The van der Waals surface area contributed by atoms with E-state index in [1.165, 1.54) is 7.11 Å². The summed E-state index contributed by atoms with van der Waals surface area (Å²) in [5.41, 5.74) is 0.434. The van der Waals surface area contributed by atoms with Crippen LogP contribution in [0.2, 0.25) is 0 Å². The van der Waals surface area contributed by atoms with Crippen molar-refractivity contribution >= 4 is 11.9 Å². The van der Waals surface area contributed by atoms with E-state index in [1.54, 1.807) is 13.0 Å². The Morgan fingerprint density at radius 1 is 1.41 bits per heavy atom. The number of esters is 1. The molecule has 0 spiro atoms. The van der Waals surface area contributed by atoms with Crippen LogP contribution in [0.1, 0.15) is 48.1 Å². The van der Waals surface area contributed by atoms with Crippen LogP contribution in [0.25, 0.3) is 0 Å². The number of aliphatic imine (C=N–C) groups is 1. The normalized spacial score (nSPS) is 17.1. The molecule has 27 heavy (non-hydrogen) atoms. The van der Waals surface area contributed by atoms with Gasteiger partial charge in [-0.05, 0) is 39.2 Å². The van der Waals surface area contributed by atoms with Crippen molar-refractivity contribution in [2.75, 3.05) is 40.0 Å². The molecular formula is C19H31N3O5. The van der Waals surface area contributed by atoms with Crippen molar-refractivity contribution in [3.63, 3.8) is 0 Å². The maximum atomic E-state index is 11.6. The van der Waals surface area contributed by atoms with E-state index in [-0.39, 0.29) is 6.10 Å². The number of hydrogen-bond donors (Lipinski definition) is 2. The Kier molecular flexibility index (Phi) is 9.13. The Balaban J connectivity index is 1.72. The molecule has 0 bridgehead atoms. The molecule has 1 aliphatic rings. The number of nitrogens with zero attached hydrogens (tertiary/aromatic N) is 1. The fourth-order valence-electron chi connectivity index (χ4n) is 2.80. The van der Waals surface area contributed by atoms with Gasteiger partial charge >= 0.3 is 5.97 Å². The van der Waals surface area contributed by atoms with Crippen LogP contribution in [0.5, 0.6) is 0 Å². The Hall–Kier alpha value is -2.06. The van der Waals surface area contributed by atoms with Crippen molar-refractivity contribution in [1.82, 2.24) is 10.6 Å². The average Bonchev–Trinajstić information content (AvgIpc) is 3.31. The molecule has 1 aliphatic heterocycles. The number of carbonyl (C=O) groups excluding carboxylic acids is 1. The first-order valence-corrected chi connectivity index (χ1v) is 9.53. The lowest BCUT2D eigenvalue weighted by Crippen LogP contribution is -2.38. The highest BCUT2D eigenvalue weighted by Crippen LogP contribution is 2.16. The maximum absolute atomic E-state index is 11.6. The highest BCUT2D eigenvalue weighted by atomic mass is 16.5. The second kappa shape index (κ2) is 11.6. The first-order chi connectivity index (χ1) is 13.1. The molecule has 2 rings (SSSR count). The third kappa shape index (κ3) is 7.22. The van der Waals surface area contributed by atoms with Crippen LogP contribution in [0.15, 0.2) is 15.5 Å². The highest BCUT2D eigenvalue weighted by molar-refractivity contribution is 5.90. The average molecular weight is 381 g/mol. The fraction of sp³-hybridized carbons (Fsp3) is 0.684. The van der Waals surface area contributed by atoms with E-state index in [2.05, 4.69) is 15.6 Å². The molecule has 8 nitrogen and oxygen atoms in total. The second-order valence-corrected chi connectivity index (χ2v) is 6.36. The maximum Gasteiger partial charge on any atom is 0.341 e. The van der Waals surface area contributed by atoms with Crippen LogP contribution in [0, 0.1) is 6.92 Å². The number of nitrogens with one attached hydrogen (secondary N) is 2. The molecule has 1 atom stereocenters. The number of rotatable bonds is 10. The minimum atomic E-state index is -0.403. The molecular weight excluding hydrogens is 350 g/mol. The third-order valence-corrected chi connectivity index (χ3v) is 4.20. The van der Waals surface area contributed by atoms with Crippen molar-refractivity contribution in [3.05, 3.63) is 23.2 Å². The summed E-state index contributed by atoms with van der Waals surface area (Å²) < 4.78 is 21.5. The van der Waals surface area contributed by atoms with Crippen molar-refractivity contribution in [2.24, 2.45) is 4.99 Å². The Morgan fingerprint density at radius 2 is 2.26 bits per heavy atom. The van der Waals surface area contributed by atoms with E-state index in [9.17, 15) is 4.79 Å². The van der Waals surface area contributed by atoms with E-state index in [0.717, 1.165) is 39.0 Å². The van der Waals surface area contributed by atoms with Crippen molar-refractivity contribution in [2.45, 2.75) is 45.8 Å². The number of methoxy groups -OCH3 is 1. The molecule has 0 saturated carbocycles. The number of ether oxygens (including phenoxy) is 3. The Labute approximate surface area is 160 Å². The van der Waals surface area contributed by atoms with Crippen molar-refractivity contribution in [1.29, 1.82) is 0 Å². The van der Waals surface area contributed by atoms with Gasteiger partial charge in [0.15, 0.2) is 5.96 Å². The van der Waals surface area contributed by atoms with Gasteiger partial charge in [-0.2, -0.15) is 0 Å². The summed E-state index contributed by atoms with van der Waals surface area (Å²) in [5, 5.41) is 6.46. The largest absolute Gasteiger partial charge is 0.465 e. The van der Waals surface area contributed by atoms with Gasteiger partial charge in [0.25, 0.3) is 0 Å². The SMILES string of the molecule is CCNC(=NCc1cc(C(=O)OC)c(C)o1)NCCCOCC1CCCO1. The molecule has 2 N–H and O–H groups in total. The number of guanidine groups is 1. The molecule has 1 fully saturated rings. The van der Waals surface area contributed by atoms with E-state index in [0.29, 0.717) is 42.8 Å². The molecule has 8 heteroatoms. The summed E-state index contributed by atoms with van der Waals surface area (Å²) in [6, 6.07) is 1.67. The first kappa shape index (κ1) is 21.2. The minimum Gasteiger partial charge on any atom is -0.465 e. The van der Waals surface area contributed by atoms with E-state index < -0.39 is 5.97 Å². The van der Waals surface area contributed by atoms with E-state index in [1.807, 2.05) is 6.92 Å². The van der Waals surface area contributed by atoms with Gasteiger partial charge in [-0.3, -0.25) is 0 Å². The van der Waals surface area contributed by atoms with E-state index >= 15 is 0 Å². The van der Waals surface area contributed by atoms with Gasteiger partial charge < -0.3 is 29.3 Å². The predicted molar refractivity (Wildman–Crippen MR) is 102 cm³/mol. The molecule has 1 saturated heterocycles. The summed E-state index contributed by atoms with van der Waals surface area (Å²) >= 11 is 0. The smallest absolute Gasteiger partial charge is 0.341 e. The fourth-order valence-corrected chi connectivity index (χ4v) is 2.80. The minimum absolute atomic E-state index is 0.267. The Morgan fingerprint density at radius 3 is 2.96 bits per heavy atom. The summed E-state index contributed by atoms with van der Waals surface area (Å²) in [4.78, 5) is 16.1. The highest BCUT2D eigenvalue weighted by Gasteiger charge is 2.16. The molecule has 0 aliphatic carbocycles. The lowest BCUT2D eigenvalue weighted by Gasteiger charge is -2.12. The topological polar surface area (TPSA) is 94.3 Å². The standard InChI is InChI=1S/C19H31N3O5/c1-4-20-19(21-8-6-9-25-13-15-7-5-10-26-15)22-12-16-11-17(14(2)27-16)18(23)24-3/h11,15H,4-10,12-13H2,1-3H3,(H2,20,21,22). The monoisotopic (exact) mass is 381 g/mol. The van der Waals surface area contributed by atoms with Gasteiger partial charge in [-0.25, -0.2) is 9.79 Å². The summed E-state index contributed by atoms with van der Waals surface area (Å²) in [7, 11) is 1.35. The van der Waals surface area contributed by atoms with Gasteiger partial charge in [-0.15, -0.1) is 0 Å². The molecule has 1 unspecified atom stereocenters. The summed E-state index contributed by atoms with van der Waals surface area (Å²) in [6.45, 7) is 7.81. The van der Waals surface area contributed by atoms with Crippen LogP contribution < -0.4 is 10.6 Å². The lowest BCUT2D eigenvalue weighted by atomic mass is 10.2. The van der Waals surface area contributed by atoms with Gasteiger partial charge in [0, 0.05) is 26.3 Å². The van der Waals surface area contributed by atoms with Gasteiger partial charge in [0.1, 0.15) is 23.6 Å². The molecule has 1 aromatic rings. The zero-order chi connectivity index (χ0) is 19.5. The van der Waals surface area contributed by atoms with Crippen LogP contribution in [0.3, 0.4) is 0 Å². The predicted octanol–water partition coefficient (Wildman–Crippen LogP) is 2.02. The quantitative estimate of drug-likeness (QED) is 0.277. The third-order valence-electron chi connectivity index (χ3n) is 4.20. The Bertz CT molecular complexity index is 608. The number of aryl methyl sites for hydroxylation is 1. The van der Waals surface area contributed by atoms with Gasteiger partial charge in [0.05, 0.1) is 19.8 Å². The van der Waals surface area contributed by atoms with Crippen molar-refractivity contribution < 1.29 is 23.4 Å². The molecule has 152 valence electrons. The molecule has 1 aromatic heterocycles. The molecule has 0 aromatic carbocycles. The number of carbonyl (C=O) groups is 1. The summed E-state index contributed by atoms with van der Waals surface area (Å²) in [5.74, 6) is 1.45. The molecule has 0 amide bonds. The lowest BCUT2D eigenvalue weighted by molar-refractivity contribution is 0.0168. The van der Waals surface area contributed by atoms with Gasteiger partial charge in [0.2, 0.25) is 0 Å². The van der Waals surface area contributed by atoms with E-state index in [4.69, 9.17) is 18.6 Å². The second-order valence-electron chi connectivity index (χ2n) is 6.36. The zero-order valence-electron chi connectivity index (χ0n) is 16.5. The van der Waals surface area contributed by atoms with Crippen LogP contribution >= 0.6 is 0 Å². The summed E-state index contributed by atoms with van der Waals surface area (Å²) in [6.07, 6.45) is 3.38.